The number of nitrogens with zero attached hydrogens (tertiary/aromatic N) is 1. The number of carbonyl (C=O) groups is 1. The molecule has 0 unspecified atom stereocenters. The molecule has 0 aliphatic heterocycles. The van der Waals surface area contributed by atoms with Gasteiger partial charge in [0.25, 0.3) is 5.69 Å². The van der Waals surface area contributed by atoms with E-state index in [1.54, 1.807) is 0 Å². The Bertz CT molecular complexity index is 435. The summed E-state index contributed by atoms with van der Waals surface area (Å²) >= 11 is 0. The normalized spacial score (nSPS) is 9.73. The molecule has 0 saturated carbocycles. The Morgan fingerprint density at radius 3 is 2.67 bits per heavy atom. The largest absolute Gasteiger partial charge is 0.465 e. The van der Waals surface area contributed by atoms with Crippen LogP contribution >= 0.6 is 0 Å². The van der Waals surface area contributed by atoms with Crippen molar-refractivity contribution in [2.75, 3.05) is 7.11 Å². The average Bonchev–Trinajstić information content (AvgIpc) is 2.20. The first kappa shape index (κ1) is 11.2. The van der Waals surface area contributed by atoms with Crippen LogP contribution in [-0.4, -0.2) is 25.8 Å². The maximum Gasteiger partial charge on any atom is 0.344 e. The molecule has 0 heterocycles. The van der Waals surface area contributed by atoms with Gasteiger partial charge in [-0.3, -0.25) is 10.1 Å². The number of hydrogen-bond donors (Lipinski definition) is 0. The zero-order valence-electron chi connectivity index (χ0n) is 7.69. The third kappa shape index (κ3) is 2.12. The molecule has 0 aliphatic carbocycles. The fourth-order valence-corrected chi connectivity index (χ4v) is 1.00. The lowest BCUT2D eigenvalue weighted by Gasteiger charge is -2.03. The monoisotopic (exact) mass is 209 g/mol. The van der Waals surface area contributed by atoms with Crippen LogP contribution in [0.25, 0.3) is 0 Å². The molecule has 1 aromatic rings. The quantitative estimate of drug-likeness (QED) is 0.304. The van der Waals surface area contributed by atoms with Gasteiger partial charge in [-0.2, -0.15) is 0 Å². The highest BCUT2D eigenvalue weighted by atomic mass is 19.1. The van der Waals surface area contributed by atoms with E-state index in [-0.39, 0.29) is 11.0 Å². The Labute approximate surface area is 85.4 Å². The number of halogens is 1. The summed E-state index contributed by atoms with van der Waals surface area (Å²) < 4.78 is 17.2. The summed E-state index contributed by atoms with van der Waals surface area (Å²) in [7, 11) is 6.24. The van der Waals surface area contributed by atoms with E-state index in [0.29, 0.717) is 6.07 Å². The van der Waals surface area contributed by atoms with Crippen molar-refractivity contribution in [1.29, 1.82) is 0 Å². The molecule has 1 rings (SSSR count). The Hall–Kier alpha value is -1.92. The smallest absolute Gasteiger partial charge is 0.344 e. The molecule has 2 radical (unpaired) electrons. The minimum atomic E-state index is -0.950. The van der Waals surface area contributed by atoms with Crippen molar-refractivity contribution in [2.45, 2.75) is 0 Å². The summed E-state index contributed by atoms with van der Waals surface area (Å²) in [6.07, 6.45) is 0. The van der Waals surface area contributed by atoms with Crippen LogP contribution in [0.4, 0.5) is 10.1 Å². The molecule has 0 saturated heterocycles. The van der Waals surface area contributed by atoms with E-state index >= 15 is 0 Å². The van der Waals surface area contributed by atoms with E-state index in [1.165, 1.54) is 0 Å². The van der Waals surface area contributed by atoms with Crippen LogP contribution in [0.1, 0.15) is 10.4 Å². The van der Waals surface area contributed by atoms with Crippen LogP contribution in [0.15, 0.2) is 12.1 Å². The van der Waals surface area contributed by atoms with Crippen LogP contribution in [0, 0.1) is 15.9 Å². The Morgan fingerprint density at radius 2 is 2.20 bits per heavy atom. The number of hydrogen-bond acceptors (Lipinski definition) is 4. The van der Waals surface area contributed by atoms with Crippen molar-refractivity contribution in [1.82, 2.24) is 0 Å². The Morgan fingerprint density at radius 1 is 1.60 bits per heavy atom. The second kappa shape index (κ2) is 4.08. The van der Waals surface area contributed by atoms with Gasteiger partial charge >= 0.3 is 5.97 Å². The number of nitro groups is 1. The fraction of sp³-hybridized carbons (Fsp3) is 0.125. The minimum absolute atomic E-state index is 0.346. The second-order valence-electron chi connectivity index (χ2n) is 2.64. The highest BCUT2D eigenvalue weighted by Crippen LogP contribution is 2.18. The van der Waals surface area contributed by atoms with Crippen molar-refractivity contribution in [3.63, 3.8) is 0 Å². The van der Waals surface area contributed by atoms with Crippen LogP contribution in [0.2, 0.25) is 0 Å². The lowest BCUT2D eigenvalue weighted by atomic mass is 9.93. The van der Waals surface area contributed by atoms with Gasteiger partial charge in [0.2, 0.25) is 0 Å². The molecule has 76 valence electrons. The van der Waals surface area contributed by atoms with Gasteiger partial charge < -0.3 is 4.74 Å². The molecule has 0 atom stereocenters. The summed E-state index contributed by atoms with van der Waals surface area (Å²) in [5, 5.41) is 10.5. The van der Waals surface area contributed by atoms with Gasteiger partial charge in [-0.25, -0.2) is 9.18 Å². The number of nitro benzene ring substituents is 1. The van der Waals surface area contributed by atoms with Crippen molar-refractivity contribution >= 4 is 25.0 Å². The lowest BCUT2D eigenvalue weighted by Crippen LogP contribution is -2.15. The van der Waals surface area contributed by atoms with Gasteiger partial charge in [-0.05, 0) is 6.07 Å². The Kier molecular flexibility index (Phi) is 3.03. The summed E-state index contributed by atoms with van der Waals surface area (Å²) in [5.41, 5.74) is -1.39. The molecule has 5 nitrogen and oxygen atoms in total. The van der Waals surface area contributed by atoms with Crippen molar-refractivity contribution < 1.29 is 18.8 Å². The SMILES string of the molecule is [B]c1cc(C(=O)OC)c([N+](=O)[O-])cc1F. The molecule has 0 aromatic heterocycles. The third-order valence-corrected chi connectivity index (χ3v) is 1.72. The summed E-state index contributed by atoms with van der Waals surface area (Å²) in [5.74, 6) is -1.89. The molecular weight excluding hydrogens is 204 g/mol. The van der Waals surface area contributed by atoms with E-state index in [1.807, 2.05) is 0 Å². The molecule has 0 spiro atoms. The van der Waals surface area contributed by atoms with Crippen LogP contribution in [0.3, 0.4) is 0 Å². The van der Waals surface area contributed by atoms with Crippen LogP contribution < -0.4 is 5.46 Å². The Balaban J connectivity index is 3.41. The second-order valence-corrected chi connectivity index (χ2v) is 2.64. The molecule has 0 bridgehead atoms. The number of ether oxygens (including phenoxy) is 1. The topological polar surface area (TPSA) is 69.4 Å². The maximum atomic E-state index is 12.9. The van der Waals surface area contributed by atoms with Crippen molar-refractivity contribution in [3.05, 3.63) is 33.6 Å². The first-order valence-corrected chi connectivity index (χ1v) is 3.79. The van der Waals surface area contributed by atoms with Crippen molar-refractivity contribution in [3.8, 4) is 0 Å². The van der Waals surface area contributed by atoms with Crippen LogP contribution in [0.5, 0.6) is 0 Å². The summed E-state index contributed by atoms with van der Waals surface area (Å²) in [6, 6.07) is 1.46. The van der Waals surface area contributed by atoms with Gasteiger partial charge in [0.15, 0.2) is 0 Å². The summed E-state index contributed by atoms with van der Waals surface area (Å²) in [4.78, 5) is 20.7. The number of rotatable bonds is 2. The van der Waals surface area contributed by atoms with Gasteiger partial charge in [0, 0.05) is 0 Å². The first-order chi connectivity index (χ1) is 6.97. The molecule has 0 N–H and O–H groups in total. The number of carbonyl (C=O) groups excluding carboxylic acids is 1. The number of methoxy groups -OCH3 is 1. The van der Waals surface area contributed by atoms with Crippen molar-refractivity contribution in [2.24, 2.45) is 0 Å². The van der Waals surface area contributed by atoms with E-state index in [0.717, 1.165) is 13.2 Å². The van der Waals surface area contributed by atoms with E-state index in [4.69, 9.17) is 7.85 Å². The zero-order valence-corrected chi connectivity index (χ0v) is 7.69. The zero-order chi connectivity index (χ0) is 11.6. The molecule has 0 amide bonds. The predicted molar refractivity (Wildman–Crippen MR) is 49.8 cm³/mol. The molecule has 0 fully saturated rings. The standard InChI is InChI=1S/C8H5BFNO4/c1-15-8(12)4-2-5(9)6(10)3-7(4)11(13)14/h2-3H,1H3. The van der Waals surface area contributed by atoms with Crippen LogP contribution in [-0.2, 0) is 4.74 Å². The summed E-state index contributed by atoms with van der Waals surface area (Å²) in [6.45, 7) is 0. The van der Waals surface area contributed by atoms with Gasteiger partial charge in [0.05, 0.1) is 18.1 Å². The minimum Gasteiger partial charge on any atom is -0.465 e. The van der Waals surface area contributed by atoms with Gasteiger partial charge in [0.1, 0.15) is 19.2 Å². The predicted octanol–water partition coefficient (Wildman–Crippen LogP) is 0.314. The molecule has 15 heavy (non-hydrogen) atoms. The number of esters is 1. The number of benzene rings is 1. The fourth-order valence-electron chi connectivity index (χ4n) is 1.00. The van der Waals surface area contributed by atoms with E-state index < -0.39 is 22.4 Å². The van der Waals surface area contributed by atoms with E-state index in [2.05, 4.69) is 4.74 Å². The first-order valence-electron chi connectivity index (χ1n) is 3.79. The van der Waals surface area contributed by atoms with Gasteiger partial charge in [-0.15, -0.1) is 0 Å². The average molecular weight is 209 g/mol. The van der Waals surface area contributed by atoms with Gasteiger partial charge in [-0.1, -0.05) is 5.46 Å². The molecular formula is C8H5BFNO4. The van der Waals surface area contributed by atoms with E-state index in [9.17, 15) is 19.3 Å². The molecule has 0 aliphatic rings. The lowest BCUT2D eigenvalue weighted by molar-refractivity contribution is -0.385. The highest BCUT2D eigenvalue weighted by Gasteiger charge is 2.22. The molecule has 1 aromatic carbocycles. The maximum absolute atomic E-state index is 12.9. The third-order valence-electron chi connectivity index (χ3n) is 1.72. The highest BCUT2D eigenvalue weighted by molar-refractivity contribution is 6.33. The molecule has 7 heteroatoms.